The number of pyridine rings is 1. The van der Waals surface area contributed by atoms with Crippen LogP contribution >= 0.6 is 11.6 Å². The number of methoxy groups -OCH3 is 1. The van der Waals surface area contributed by atoms with Gasteiger partial charge >= 0.3 is 6.09 Å². The zero-order chi connectivity index (χ0) is 30.7. The Morgan fingerprint density at radius 3 is 2.47 bits per heavy atom. The van der Waals surface area contributed by atoms with Crippen molar-refractivity contribution in [1.82, 2.24) is 29.9 Å². The van der Waals surface area contributed by atoms with E-state index in [4.69, 9.17) is 30.9 Å². The standard InChI is InChI=1S/C30H41ClN6O6/c1-30(2,3)43-29(40)36-13-10-20(18-36)33-27(38)19-8-11-35(12-9-19)28(39)23-16-24(21-15-25(41-4)32-17-22(21)31)37(34-23)26-7-5-6-14-42-26/h15-17,19-20,26H,5-14,18H2,1-4H3,(H,33,38). The van der Waals surface area contributed by atoms with E-state index in [1.54, 1.807) is 26.6 Å². The van der Waals surface area contributed by atoms with Crippen LogP contribution in [0.4, 0.5) is 4.79 Å². The van der Waals surface area contributed by atoms with Crippen LogP contribution in [0.5, 0.6) is 5.88 Å². The number of rotatable bonds is 6. The van der Waals surface area contributed by atoms with Crippen molar-refractivity contribution in [2.24, 2.45) is 5.92 Å². The highest BCUT2D eigenvalue weighted by Crippen LogP contribution is 2.35. The van der Waals surface area contributed by atoms with E-state index in [2.05, 4.69) is 10.3 Å². The Morgan fingerprint density at radius 2 is 1.79 bits per heavy atom. The van der Waals surface area contributed by atoms with Crippen molar-refractivity contribution in [3.8, 4) is 17.1 Å². The van der Waals surface area contributed by atoms with Crippen molar-refractivity contribution in [3.63, 3.8) is 0 Å². The fourth-order valence-electron chi connectivity index (χ4n) is 5.76. The highest BCUT2D eigenvalue weighted by atomic mass is 35.5. The van der Waals surface area contributed by atoms with Crippen LogP contribution in [-0.4, -0.2) is 94.0 Å². The van der Waals surface area contributed by atoms with Gasteiger partial charge in [0.1, 0.15) is 5.60 Å². The second-order valence-electron chi connectivity index (χ2n) is 12.4. The minimum absolute atomic E-state index is 0.0366. The molecule has 0 aromatic carbocycles. The lowest BCUT2D eigenvalue weighted by Gasteiger charge is -2.31. The molecule has 0 bridgehead atoms. The van der Waals surface area contributed by atoms with Gasteiger partial charge in [0.2, 0.25) is 11.8 Å². The van der Waals surface area contributed by atoms with Crippen LogP contribution in [0.15, 0.2) is 18.3 Å². The monoisotopic (exact) mass is 616 g/mol. The summed E-state index contributed by atoms with van der Waals surface area (Å²) in [6.07, 6.45) is 5.39. The number of nitrogens with zero attached hydrogens (tertiary/aromatic N) is 5. The minimum Gasteiger partial charge on any atom is -0.481 e. The molecule has 0 saturated carbocycles. The van der Waals surface area contributed by atoms with Crippen LogP contribution in [0, 0.1) is 5.92 Å². The van der Waals surface area contributed by atoms with Gasteiger partial charge in [-0.3, -0.25) is 9.59 Å². The van der Waals surface area contributed by atoms with Crippen molar-refractivity contribution in [3.05, 3.63) is 29.0 Å². The molecule has 43 heavy (non-hydrogen) atoms. The van der Waals surface area contributed by atoms with Gasteiger partial charge in [-0.15, -0.1) is 0 Å². The molecule has 3 amide bonds. The van der Waals surface area contributed by atoms with E-state index < -0.39 is 5.60 Å². The summed E-state index contributed by atoms with van der Waals surface area (Å²) in [4.78, 5) is 46.6. The van der Waals surface area contributed by atoms with E-state index in [1.807, 2.05) is 20.8 Å². The fraction of sp³-hybridized carbons (Fsp3) is 0.633. The lowest BCUT2D eigenvalue weighted by Crippen LogP contribution is -2.46. The summed E-state index contributed by atoms with van der Waals surface area (Å²) in [5, 5.41) is 8.23. The van der Waals surface area contributed by atoms with Crippen molar-refractivity contribution < 1.29 is 28.6 Å². The molecule has 1 N–H and O–H groups in total. The quantitative estimate of drug-likeness (QED) is 0.509. The van der Waals surface area contributed by atoms with Gasteiger partial charge in [0, 0.05) is 56.4 Å². The summed E-state index contributed by atoms with van der Waals surface area (Å²) in [5.74, 6) is -0.0346. The summed E-state index contributed by atoms with van der Waals surface area (Å²) < 4.78 is 18.5. The van der Waals surface area contributed by atoms with E-state index in [-0.39, 0.29) is 36.1 Å². The van der Waals surface area contributed by atoms with Gasteiger partial charge in [-0.2, -0.15) is 5.10 Å². The number of hydrogen-bond donors (Lipinski definition) is 1. The first-order valence-electron chi connectivity index (χ1n) is 15.0. The fourth-order valence-corrected chi connectivity index (χ4v) is 5.96. The second kappa shape index (κ2) is 13.1. The molecule has 5 rings (SSSR count). The number of carbonyl (C=O) groups excluding carboxylic acids is 3. The number of hydrogen-bond acceptors (Lipinski definition) is 8. The number of aromatic nitrogens is 3. The number of ether oxygens (including phenoxy) is 3. The average molecular weight is 617 g/mol. The van der Waals surface area contributed by atoms with Crippen LogP contribution in [0.1, 0.15) is 76.0 Å². The number of nitrogens with one attached hydrogen (secondary N) is 1. The maximum Gasteiger partial charge on any atom is 0.410 e. The molecule has 3 aliphatic heterocycles. The Balaban J connectivity index is 1.21. The molecule has 0 aliphatic carbocycles. The third-order valence-electron chi connectivity index (χ3n) is 8.04. The predicted molar refractivity (Wildman–Crippen MR) is 159 cm³/mol. The molecular weight excluding hydrogens is 576 g/mol. The van der Waals surface area contributed by atoms with Crippen LogP contribution in [0.25, 0.3) is 11.3 Å². The Labute approximate surface area is 257 Å². The Hall–Kier alpha value is -3.38. The van der Waals surface area contributed by atoms with Gasteiger partial charge < -0.3 is 29.3 Å². The third-order valence-corrected chi connectivity index (χ3v) is 8.34. The Bertz CT molecular complexity index is 1330. The second-order valence-corrected chi connectivity index (χ2v) is 12.8. The van der Waals surface area contributed by atoms with Gasteiger partial charge in [0.05, 0.1) is 24.0 Å². The van der Waals surface area contributed by atoms with Gasteiger partial charge in [0.25, 0.3) is 5.91 Å². The van der Waals surface area contributed by atoms with Gasteiger partial charge in [0.15, 0.2) is 11.9 Å². The summed E-state index contributed by atoms with van der Waals surface area (Å²) in [7, 11) is 1.53. The topological polar surface area (TPSA) is 128 Å². The summed E-state index contributed by atoms with van der Waals surface area (Å²) in [6, 6.07) is 3.37. The first-order chi connectivity index (χ1) is 20.5. The van der Waals surface area contributed by atoms with Crippen LogP contribution in [-0.2, 0) is 14.3 Å². The zero-order valence-electron chi connectivity index (χ0n) is 25.3. The van der Waals surface area contributed by atoms with Crippen molar-refractivity contribution in [2.45, 2.75) is 77.2 Å². The normalized spacial score (nSPS) is 21.5. The summed E-state index contributed by atoms with van der Waals surface area (Å²) in [5.41, 5.74) is 1.05. The maximum atomic E-state index is 13.6. The van der Waals surface area contributed by atoms with Crippen LogP contribution < -0.4 is 10.1 Å². The number of piperidine rings is 1. The van der Waals surface area contributed by atoms with Gasteiger partial charge in [-0.1, -0.05) is 11.6 Å². The molecule has 234 valence electrons. The van der Waals surface area contributed by atoms with Crippen molar-refractivity contribution in [1.29, 1.82) is 0 Å². The molecular formula is C30H41ClN6O6. The number of halogens is 1. The SMILES string of the molecule is COc1cc(-c2cc(C(=O)N3CCC(C(=O)NC4CCN(C(=O)OC(C)(C)C)C4)CC3)nn2C2CCCCO2)c(Cl)cn1. The molecule has 0 spiro atoms. The number of amides is 3. The molecule has 2 atom stereocenters. The Morgan fingerprint density at radius 1 is 1.05 bits per heavy atom. The van der Waals surface area contributed by atoms with Gasteiger partial charge in [-0.05, 0) is 65.4 Å². The molecule has 3 aliphatic rings. The third kappa shape index (κ3) is 7.41. The summed E-state index contributed by atoms with van der Waals surface area (Å²) in [6.45, 7) is 7.99. The smallest absolute Gasteiger partial charge is 0.410 e. The zero-order valence-corrected chi connectivity index (χ0v) is 26.1. The van der Waals surface area contributed by atoms with Gasteiger partial charge in [-0.25, -0.2) is 14.5 Å². The molecule has 3 saturated heterocycles. The molecule has 5 heterocycles. The van der Waals surface area contributed by atoms with Crippen molar-refractivity contribution >= 4 is 29.5 Å². The Kier molecular flexibility index (Phi) is 9.45. The average Bonchev–Trinajstić information content (AvgIpc) is 3.65. The lowest BCUT2D eigenvalue weighted by atomic mass is 9.95. The molecule has 2 aromatic heterocycles. The maximum absolute atomic E-state index is 13.6. The van der Waals surface area contributed by atoms with Crippen LogP contribution in [0.3, 0.4) is 0 Å². The molecule has 2 unspecified atom stereocenters. The highest BCUT2D eigenvalue weighted by Gasteiger charge is 2.34. The largest absolute Gasteiger partial charge is 0.481 e. The van der Waals surface area contributed by atoms with E-state index in [0.717, 1.165) is 19.3 Å². The molecule has 2 aromatic rings. The molecule has 13 heteroatoms. The summed E-state index contributed by atoms with van der Waals surface area (Å²) >= 11 is 6.53. The van der Waals surface area contributed by atoms with E-state index in [0.29, 0.717) is 79.9 Å². The van der Waals surface area contributed by atoms with Crippen molar-refractivity contribution in [2.75, 3.05) is 39.9 Å². The molecule has 12 nitrogen and oxygen atoms in total. The minimum atomic E-state index is -0.563. The van der Waals surface area contributed by atoms with E-state index in [1.165, 1.54) is 13.3 Å². The van der Waals surface area contributed by atoms with E-state index >= 15 is 0 Å². The lowest BCUT2D eigenvalue weighted by molar-refractivity contribution is -0.127. The molecule has 3 fully saturated rings. The van der Waals surface area contributed by atoms with E-state index in [9.17, 15) is 14.4 Å². The number of carbonyl (C=O) groups is 3. The highest BCUT2D eigenvalue weighted by molar-refractivity contribution is 6.33. The predicted octanol–water partition coefficient (Wildman–Crippen LogP) is 4.28. The number of likely N-dealkylation sites (tertiary alicyclic amines) is 2. The molecule has 0 radical (unpaired) electrons. The first-order valence-corrected chi connectivity index (χ1v) is 15.4. The first kappa shape index (κ1) is 31.1. The van der Waals surface area contributed by atoms with Crippen LogP contribution in [0.2, 0.25) is 5.02 Å².